The number of imidazole rings is 1. The predicted molar refractivity (Wildman–Crippen MR) is 112 cm³/mol. The first-order valence-corrected chi connectivity index (χ1v) is 10.9. The lowest BCUT2D eigenvalue weighted by molar-refractivity contribution is 0.00410. The molecular formula is C23H27FN4O3. The molecule has 2 heterocycles. The second-order valence-corrected chi connectivity index (χ2v) is 9.60. The highest BCUT2D eigenvalue weighted by Gasteiger charge is 2.52. The number of hydrogen-bond donors (Lipinski definition) is 0. The summed E-state index contributed by atoms with van der Waals surface area (Å²) in [5.74, 6) is -0.210. The van der Waals surface area contributed by atoms with Crippen molar-refractivity contribution >= 4 is 22.8 Å². The number of nitrogens with zero attached hydrogens (tertiary/aromatic N) is 4. The number of fused-ring (bicyclic) bond motifs is 1. The lowest BCUT2D eigenvalue weighted by atomic mass is 9.78. The fourth-order valence-corrected chi connectivity index (χ4v) is 5.46. The van der Waals surface area contributed by atoms with Crippen molar-refractivity contribution in [1.82, 2.24) is 14.5 Å². The number of aromatic nitrogens is 2. The van der Waals surface area contributed by atoms with Crippen molar-refractivity contribution in [3.63, 3.8) is 0 Å². The Labute approximate surface area is 180 Å². The van der Waals surface area contributed by atoms with E-state index in [-0.39, 0.29) is 17.2 Å². The number of halogens is 1. The summed E-state index contributed by atoms with van der Waals surface area (Å²) in [4.78, 5) is 22.1. The molecule has 0 radical (unpaired) electrons. The van der Waals surface area contributed by atoms with Crippen LogP contribution in [-0.4, -0.2) is 53.0 Å². The van der Waals surface area contributed by atoms with E-state index < -0.39 is 11.4 Å². The zero-order valence-corrected chi connectivity index (χ0v) is 17.8. The first-order chi connectivity index (χ1) is 14.9. The van der Waals surface area contributed by atoms with Crippen LogP contribution in [0.4, 0.5) is 14.9 Å². The molecule has 2 saturated carbocycles. The minimum Gasteiger partial charge on any atom is -0.441 e. The maximum absolute atomic E-state index is 13.9. The standard InChI is InChI=1S/C23H27FN4O3/c1-25-18-9-20-19(8-17(18)24)26-15-27(20)11-16-4-3-5-23(10-16)13-28(21(29)31-23)12-22(6-7-22)14-30-2/h8-9,15-16H,3-7,10-14H2,2H3/t16-,23-/m0/s1. The molecule has 1 spiro atoms. The number of carbonyl (C=O) groups is 1. The number of methoxy groups -OCH3 is 1. The van der Waals surface area contributed by atoms with E-state index in [1.54, 1.807) is 19.5 Å². The molecule has 1 aromatic heterocycles. The number of hydrogen-bond acceptors (Lipinski definition) is 4. The zero-order valence-electron chi connectivity index (χ0n) is 17.8. The Kier molecular flexibility index (Phi) is 4.89. The van der Waals surface area contributed by atoms with Crippen molar-refractivity contribution in [3.05, 3.63) is 35.7 Å². The van der Waals surface area contributed by atoms with Gasteiger partial charge in [0.15, 0.2) is 0 Å². The van der Waals surface area contributed by atoms with Gasteiger partial charge in [-0.05, 0) is 56.6 Å². The van der Waals surface area contributed by atoms with Crippen LogP contribution < -0.4 is 0 Å². The number of benzene rings is 1. The summed E-state index contributed by atoms with van der Waals surface area (Å²) in [6.07, 6.45) is 7.46. The molecule has 2 atom stereocenters. The van der Waals surface area contributed by atoms with Crippen LogP contribution in [0.15, 0.2) is 18.5 Å². The van der Waals surface area contributed by atoms with Crippen molar-refractivity contribution in [1.29, 1.82) is 0 Å². The highest BCUT2D eigenvalue weighted by Crippen LogP contribution is 2.48. The van der Waals surface area contributed by atoms with Gasteiger partial charge in [0.25, 0.3) is 0 Å². The van der Waals surface area contributed by atoms with Crippen molar-refractivity contribution in [2.45, 2.75) is 50.7 Å². The molecule has 31 heavy (non-hydrogen) atoms. The first kappa shape index (κ1) is 20.3. The Morgan fingerprint density at radius 2 is 2.23 bits per heavy atom. The number of ether oxygens (including phenoxy) is 2. The minimum atomic E-state index is -0.538. The molecule has 3 fully saturated rings. The van der Waals surface area contributed by atoms with Crippen LogP contribution >= 0.6 is 0 Å². The SMILES string of the molecule is [C-]#[N+]c1cc2c(cc1F)ncn2C[C@H]1CCC[C@]2(C1)CN(CC1(COC)CC1)C(=O)O2. The van der Waals surface area contributed by atoms with Crippen LogP contribution in [0.1, 0.15) is 38.5 Å². The van der Waals surface area contributed by atoms with Gasteiger partial charge in [-0.1, -0.05) is 0 Å². The molecule has 1 saturated heterocycles. The fraction of sp³-hybridized carbons (Fsp3) is 0.609. The Morgan fingerprint density at radius 1 is 1.39 bits per heavy atom. The maximum Gasteiger partial charge on any atom is 0.410 e. The van der Waals surface area contributed by atoms with Gasteiger partial charge < -0.3 is 18.9 Å². The van der Waals surface area contributed by atoms with Gasteiger partial charge in [0.2, 0.25) is 5.69 Å². The van der Waals surface area contributed by atoms with Crippen molar-refractivity contribution < 1.29 is 18.7 Å². The third-order valence-corrected chi connectivity index (χ3v) is 7.15. The maximum atomic E-state index is 13.9. The van der Waals surface area contributed by atoms with Gasteiger partial charge in [-0.15, -0.1) is 0 Å². The topological polar surface area (TPSA) is 61.0 Å². The van der Waals surface area contributed by atoms with Gasteiger partial charge in [0.05, 0.1) is 37.1 Å². The van der Waals surface area contributed by atoms with Crippen LogP contribution in [0.5, 0.6) is 0 Å². The molecule has 1 aliphatic heterocycles. The molecule has 8 heteroatoms. The Morgan fingerprint density at radius 3 is 2.97 bits per heavy atom. The molecule has 5 rings (SSSR count). The molecule has 1 amide bonds. The van der Waals surface area contributed by atoms with Crippen molar-refractivity contribution in [2.24, 2.45) is 11.3 Å². The predicted octanol–water partition coefficient (Wildman–Crippen LogP) is 4.53. The van der Waals surface area contributed by atoms with Gasteiger partial charge in [0, 0.05) is 25.6 Å². The quantitative estimate of drug-likeness (QED) is 0.637. The monoisotopic (exact) mass is 426 g/mol. The Hall–Kier alpha value is -2.66. The van der Waals surface area contributed by atoms with Gasteiger partial charge >= 0.3 is 6.09 Å². The molecule has 164 valence electrons. The lowest BCUT2D eigenvalue weighted by Crippen LogP contribution is -2.41. The summed E-state index contributed by atoms with van der Waals surface area (Å²) in [6.45, 7) is 9.93. The molecule has 2 aliphatic carbocycles. The third-order valence-electron chi connectivity index (χ3n) is 7.15. The van der Waals surface area contributed by atoms with Gasteiger partial charge in [-0.2, -0.15) is 0 Å². The van der Waals surface area contributed by atoms with Gasteiger partial charge in [0.1, 0.15) is 11.4 Å². The van der Waals surface area contributed by atoms with Crippen LogP contribution in [-0.2, 0) is 16.0 Å². The smallest absolute Gasteiger partial charge is 0.410 e. The van der Waals surface area contributed by atoms with Gasteiger partial charge in [-0.25, -0.2) is 19.0 Å². The van der Waals surface area contributed by atoms with E-state index in [1.165, 1.54) is 6.07 Å². The van der Waals surface area contributed by atoms with E-state index >= 15 is 0 Å². The zero-order chi connectivity index (χ0) is 21.6. The molecule has 0 N–H and O–H groups in total. The van der Waals surface area contributed by atoms with Crippen LogP contribution in [0.25, 0.3) is 15.9 Å². The number of carbonyl (C=O) groups excluding carboxylic acids is 1. The van der Waals surface area contributed by atoms with E-state index in [0.717, 1.165) is 44.0 Å². The van der Waals surface area contributed by atoms with E-state index in [9.17, 15) is 9.18 Å². The third kappa shape index (κ3) is 3.76. The van der Waals surface area contributed by atoms with Crippen LogP contribution in [0.2, 0.25) is 0 Å². The van der Waals surface area contributed by atoms with E-state index in [4.69, 9.17) is 16.0 Å². The van der Waals surface area contributed by atoms with E-state index in [2.05, 4.69) is 9.83 Å². The largest absolute Gasteiger partial charge is 0.441 e. The normalized spacial score (nSPS) is 26.9. The summed E-state index contributed by atoms with van der Waals surface area (Å²) in [5, 5.41) is 0. The summed E-state index contributed by atoms with van der Waals surface area (Å²) in [7, 11) is 1.71. The Balaban J connectivity index is 1.29. The van der Waals surface area contributed by atoms with Gasteiger partial charge in [-0.3, -0.25) is 0 Å². The highest BCUT2D eigenvalue weighted by molar-refractivity contribution is 5.80. The van der Waals surface area contributed by atoms with Crippen molar-refractivity contribution in [3.8, 4) is 0 Å². The van der Waals surface area contributed by atoms with Crippen molar-refractivity contribution in [2.75, 3.05) is 26.8 Å². The summed E-state index contributed by atoms with van der Waals surface area (Å²) < 4.78 is 27.2. The second kappa shape index (κ2) is 7.49. The lowest BCUT2D eigenvalue weighted by Gasteiger charge is -2.36. The van der Waals surface area contributed by atoms with E-state index in [0.29, 0.717) is 37.7 Å². The molecule has 7 nitrogen and oxygen atoms in total. The van der Waals surface area contributed by atoms with Crippen LogP contribution in [0.3, 0.4) is 0 Å². The molecular weight excluding hydrogens is 399 g/mol. The molecule has 1 aromatic carbocycles. The minimum absolute atomic E-state index is 0.0137. The van der Waals surface area contributed by atoms with E-state index in [1.807, 2.05) is 9.47 Å². The summed E-state index contributed by atoms with van der Waals surface area (Å²) in [5.41, 5.74) is 1.03. The number of rotatable bonds is 6. The number of amides is 1. The highest BCUT2D eigenvalue weighted by atomic mass is 19.1. The second-order valence-electron chi connectivity index (χ2n) is 9.60. The average molecular weight is 426 g/mol. The molecule has 0 unspecified atom stereocenters. The molecule has 3 aliphatic rings. The molecule has 0 bridgehead atoms. The first-order valence-electron chi connectivity index (χ1n) is 10.9. The summed E-state index contributed by atoms with van der Waals surface area (Å²) in [6, 6.07) is 2.90. The Bertz CT molecular complexity index is 1060. The van der Waals surface area contributed by atoms with Crippen LogP contribution in [0, 0.1) is 23.7 Å². The average Bonchev–Trinajstić information content (AvgIpc) is 3.29. The molecule has 2 aromatic rings. The fourth-order valence-electron chi connectivity index (χ4n) is 5.46. The summed E-state index contributed by atoms with van der Waals surface area (Å²) >= 11 is 0.